The first-order valence-electron chi connectivity index (χ1n) is 7.69. The van der Waals surface area contributed by atoms with Crippen LogP contribution in [-0.2, 0) is 4.79 Å². The van der Waals surface area contributed by atoms with Crippen molar-refractivity contribution in [3.63, 3.8) is 0 Å². The third kappa shape index (κ3) is 4.59. The molecule has 0 aromatic heterocycles. The zero-order chi connectivity index (χ0) is 15.8. The third-order valence-corrected chi connectivity index (χ3v) is 3.88. The van der Waals surface area contributed by atoms with Gasteiger partial charge in [-0.1, -0.05) is 38.5 Å². The van der Waals surface area contributed by atoms with Gasteiger partial charge in [-0.25, -0.2) is 0 Å². The molecule has 2 unspecified atom stereocenters. The molecule has 0 saturated heterocycles. The Morgan fingerprint density at radius 3 is 2.14 bits per heavy atom. The fraction of sp³-hybridized carbons (Fsp3) is 0.529. The Hall–Kier alpha value is -1.84. The summed E-state index contributed by atoms with van der Waals surface area (Å²) in [6, 6.07) is 8.54. The normalized spacial score (nSPS) is 13.3. The minimum atomic E-state index is -0.470. The number of hydrogen-bond acceptors (Lipinski definition) is 2. The van der Waals surface area contributed by atoms with Gasteiger partial charge in [0.25, 0.3) is 5.91 Å². The molecule has 4 nitrogen and oxygen atoms in total. The summed E-state index contributed by atoms with van der Waals surface area (Å²) >= 11 is 0. The summed E-state index contributed by atoms with van der Waals surface area (Å²) in [5.74, 6) is -0.0919. The maximum atomic E-state index is 12.6. The van der Waals surface area contributed by atoms with E-state index in [4.69, 9.17) is 0 Å². The molecule has 0 heterocycles. The van der Waals surface area contributed by atoms with Crippen molar-refractivity contribution in [3.8, 4) is 0 Å². The SMILES string of the molecule is CCC(C)C(NC(=O)c1ccccc1)C(=O)N(CC)CC. The van der Waals surface area contributed by atoms with Crippen LogP contribution in [0, 0.1) is 5.92 Å². The Labute approximate surface area is 127 Å². The highest BCUT2D eigenvalue weighted by Gasteiger charge is 2.28. The van der Waals surface area contributed by atoms with Crippen LogP contribution in [0.4, 0.5) is 0 Å². The van der Waals surface area contributed by atoms with E-state index in [2.05, 4.69) is 5.32 Å². The van der Waals surface area contributed by atoms with E-state index in [0.717, 1.165) is 6.42 Å². The van der Waals surface area contributed by atoms with Crippen molar-refractivity contribution in [1.82, 2.24) is 10.2 Å². The Bertz CT molecular complexity index is 455. The minimum absolute atomic E-state index is 0.00127. The van der Waals surface area contributed by atoms with Gasteiger partial charge in [0.15, 0.2) is 0 Å². The molecule has 0 fully saturated rings. The molecule has 0 aliphatic heterocycles. The van der Waals surface area contributed by atoms with Gasteiger partial charge in [0.1, 0.15) is 6.04 Å². The molecular formula is C17H26N2O2. The fourth-order valence-corrected chi connectivity index (χ4v) is 2.23. The minimum Gasteiger partial charge on any atom is -0.341 e. The van der Waals surface area contributed by atoms with Crippen molar-refractivity contribution in [2.45, 2.75) is 40.2 Å². The maximum absolute atomic E-state index is 12.6. The Kier molecular flexibility index (Phi) is 6.92. The van der Waals surface area contributed by atoms with Gasteiger partial charge in [-0.05, 0) is 31.9 Å². The second kappa shape index (κ2) is 8.45. The molecule has 1 rings (SSSR count). The van der Waals surface area contributed by atoms with Gasteiger partial charge in [0.05, 0.1) is 0 Å². The van der Waals surface area contributed by atoms with E-state index < -0.39 is 6.04 Å². The van der Waals surface area contributed by atoms with Gasteiger partial charge in [-0.3, -0.25) is 9.59 Å². The summed E-state index contributed by atoms with van der Waals surface area (Å²) in [5.41, 5.74) is 0.582. The van der Waals surface area contributed by atoms with Crippen molar-refractivity contribution < 1.29 is 9.59 Å². The first kappa shape index (κ1) is 17.2. The number of carbonyl (C=O) groups is 2. The lowest BCUT2D eigenvalue weighted by atomic mass is 9.97. The van der Waals surface area contributed by atoms with Crippen molar-refractivity contribution >= 4 is 11.8 Å². The second-order valence-electron chi connectivity index (χ2n) is 5.21. The van der Waals surface area contributed by atoms with E-state index in [0.29, 0.717) is 18.7 Å². The number of amides is 2. The van der Waals surface area contributed by atoms with Crippen LogP contribution in [0.15, 0.2) is 30.3 Å². The summed E-state index contributed by atoms with van der Waals surface area (Å²) in [6.45, 7) is 9.24. The van der Waals surface area contributed by atoms with E-state index in [1.165, 1.54) is 0 Å². The van der Waals surface area contributed by atoms with Crippen LogP contribution in [0.1, 0.15) is 44.5 Å². The summed E-state index contributed by atoms with van der Waals surface area (Å²) in [7, 11) is 0. The van der Waals surface area contributed by atoms with Crippen LogP contribution < -0.4 is 5.32 Å². The highest BCUT2D eigenvalue weighted by Crippen LogP contribution is 2.12. The van der Waals surface area contributed by atoms with Gasteiger partial charge < -0.3 is 10.2 Å². The quantitative estimate of drug-likeness (QED) is 0.839. The van der Waals surface area contributed by atoms with Crippen LogP contribution in [0.25, 0.3) is 0 Å². The summed E-state index contributed by atoms with van der Waals surface area (Å²) in [5, 5.41) is 2.90. The number of hydrogen-bond donors (Lipinski definition) is 1. The number of rotatable bonds is 7. The van der Waals surface area contributed by atoms with E-state index >= 15 is 0 Å². The predicted octanol–water partition coefficient (Wildman–Crippen LogP) is 2.70. The zero-order valence-electron chi connectivity index (χ0n) is 13.4. The smallest absolute Gasteiger partial charge is 0.251 e. The predicted molar refractivity (Wildman–Crippen MR) is 85.1 cm³/mol. The largest absolute Gasteiger partial charge is 0.341 e. The maximum Gasteiger partial charge on any atom is 0.251 e. The van der Waals surface area contributed by atoms with E-state index in [1.54, 1.807) is 17.0 Å². The Morgan fingerprint density at radius 1 is 1.10 bits per heavy atom. The molecule has 0 bridgehead atoms. The average Bonchev–Trinajstić information content (AvgIpc) is 2.53. The van der Waals surface area contributed by atoms with E-state index in [9.17, 15) is 9.59 Å². The molecule has 2 amide bonds. The number of nitrogens with zero attached hydrogens (tertiary/aromatic N) is 1. The summed E-state index contributed by atoms with van der Waals surface area (Å²) < 4.78 is 0. The molecule has 116 valence electrons. The molecule has 0 aliphatic rings. The van der Waals surface area contributed by atoms with E-state index in [1.807, 2.05) is 45.9 Å². The van der Waals surface area contributed by atoms with Crippen molar-refractivity contribution in [1.29, 1.82) is 0 Å². The van der Waals surface area contributed by atoms with Crippen molar-refractivity contribution in [3.05, 3.63) is 35.9 Å². The van der Waals surface area contributed by atoms with Gasteiger partial charge in [0.2, 0.25) is 5.91 Å². The molecule has 1 aromatic carbocycles. The Morgan fingerprint density at radius 2 is 1.67 bits per heavy atom. The van der Waals surface area contributed by atoms with E-state index in [-0.39, 0.29) is 17.7 Å². The number of carbonyl (C=O) groups excluding carboxylic acids is 2. The van der Waals surface area contributed by atoms with Crippen LogP contribution in [0.2, 0.25) is 0 Å². The molecule has 1 N–H and O–H groups in total. The number of benzene rings is 1. The van der Waals surface area contributed by atoms with Crippen LogP contribution in [0.5, 0.6) is 0 Å². The molecule has 0 saturated carbocycles. The molecule has 2 atom stereocenters. The van der Waals surface area contributed by atoms with Gasteiger partial charge in [0, 0.05) is 18.7 Å². The van der Waals surface area contributed by atoms with Crippen LogP contribution in [-0.4, -0.2) is 35.8 Å². The zero-order valence-corrected chi connectivity index (χ0v) is 13.4. The van der Waals surface area contributed by atoms with Gasteiger partial charge in [-0.2, -0.15) is 0 Å². The lowest BCUT2D eigenvalue weighted by Gasteiger charge is -2.29. The number of nitrogens with one attached hydrogen (secondary N) is 1. The molecule has 0 aliphatic carbocycles. The standard InChI is InChI=1S/C17H26N2O2/c1-5-13(4)15(17(21)19(6-2)7-3)18-16(20)14-11-9-8-10-12-14/h8-13,15H,5-7H2,1-4H3,(H,18,20). The molecule has 1 aromatic rings. The van der Waals surface area contributed by atoms with Crippen molar-refractivity contribution in [2.24, 2.45) is 5.92 Å². The first-order chi connectivity index (χ1) is 10.0. The monoisotopic (exact) mass is 290 g/mol. The molecule has 21 heavy (non-hydrogen) atoms. The molecular weight excluding hydrogens is 264 g/mol. The molecule has 4 heteroatoms. The van der Waals surface area contributed by atoms with Crippen LogP contribution in [0.3, 0.4) is 0 Å². The third-order valence-electron chi connectivity index (χ3n) is 3.88. The highest BCUT2D eigenvalue weighted by molar-refractivity contribution is 5.97. The van der Waals surface area contributed by atoms with Crippen LogP contribution >= 0.6 is 0 Å². The lowest BCUT2D eigenvalue weighted by molar-refractivity contribution is -0.134. The molecule has 0 radical (unpaired) electrons. The first-order valence-corrected chi connectivity index (χ1v) is 7.69. The highest BCUT2D eigenvalue weighted by atomic mass is 16.2. The Balaban J connectivity index is 2.89. The lowest BCUT2D eigenvalue weighted by Crippen LogP contribution is -2.51. The average molecular weight is 290 g/mol. The summed E-state index contributed by atoms with van der Waals surface area (Å²) in [4.78, 5) is 26.6. The second-order valence-corrected chi connectivity index (χ2v) is 5.21. The van der Waals surface area contributed by atoms with Gasteiger partial charge in [-0.15, -0.1) is 0 Å². The van der Waals surface area contributed by atoms with Crippen molar-refractivity contribution in [2.75, 3.05) is 13.1 Å². The summed E-state index contributed by atoms with van der Waals surface area (Å²) in [6.07, 6.45) is 0.840. The topological polar surface area (TPSA) is 49.4 Å². The number of likely N-dealkylation sites (N-methyl/N-ethyl adjacent to an activating group) is 1. The van der Waals surface area contributed by atoms with Gasteiger partial charge >= 0.3 is 0 Å². The fourth-order valence-electron chi connectivity index (χ4n) is 2.23. The molecule has 0 spiro atoms.